The molecule has 2 nitrogen and oxygen atoms in total. The van der Waals surface area contributed by atoms with Crippen LogP contribution in [0.5, 0.6) is 0 Å². The summed E-state index contributed by atoms with van der Waals surface area (Å²) in [7, 11) is 0. The highest BCUT2D eigenvalue weighted by molar-refractivity contribution is 14.1. The normalized spacial score (nSPS) is 25.8. The van der Waals surface area contributed by atoms with Crippen molar-refractivity contribution < 1.29 is 0 Å². The molecule has 1 aromatic rings. The lowest BCUT2D eigenvalue weighted by Crippen LogP contribution is -2.50. The molecule has 16 heavy (non-hydrogen) atoms. The van der Waals surface area contributed by atoms with Gasteiger partial charge in [-0.15, -0.1) is 0 Å². The third-order valence-corrected chi connectivity index (χ3v) is 4.69. The van der Waals surface area contributed by atoms with Crippen LogP contribution in [0.15, 0.2) is 24.3 Å². The van der Waals surface area contributed by atoms with E-state index >= 15 is 0 Å². The number of nitrogens with zero attached hydrogens (tertiary/aromatic N) is 2. The lowest BCUT2D eigenvalue weighted by molar-refractivity contribution is 0.231. The van der Waals surface area contributed by atoms with E-state index < -0.39 is 0 Å². The molecule has 0 bridgehead atoms. The fourth-order valence-corrected chi connectivity index (χ4v) is 3.65. The Kier molecular flexibility index (Phi) is 3.07. The van der Waals surface area contributed by atoms with Gasteiger partial charge in [0.2, 0.25) is 0 Å². The summed E-state index contributed by atoms with van der Waals surface area (Å²) in [6.45, 7) is 4.98. The Balaban J connectivity index is 1.79. The molecule has 1 aromatic carbocycles. The van der Waals surface area contributed by atoms with Gasteiger partial charge in [0.15, 0.2) is 0 Å². The van der Waals surface area contributed by atoms with Crippen LogP contribution in [-0.2, 0) is 0 Å². The molecule has 1 atom stereocenters. The van der Waals surface area contributed by atoms with Gasteiger partial charge < -0.3 is 4.90 Å². The third-order valence-electron chi connectivity index (χ3n) is 3.78. The zero-order valence-corrected chi connectivity index (χ0v) is 11.6. The van der Waals surface area contributed by atoms with Gasteiger partial charge in [0.25, 0.3) is 0 Å². The van der Waals surface area contributed by atoms with Gasteiger partial charge >= 0.3 is 0 Å². The van der Waals surface area contributed by atoms with Gasteiger partial charge in [0, 0.05) is 29.2 Å². The minimum Gasteiger partial charge on any atom is -0.368 e. The van der Waals surface area contributed by atoms with E-state index in [4.69, 9.17) is 0 Å². The van der Waals surface area contributed by atoms with Crippen molar-refractivity contribution >= 4 is 28.3 Å². The first kappa shape index (κ1) is 10.8. The summed E-state index contributed by atoms with van der Waals surface area (Å²) < 4.78 is 1.38. The van der Waals surface area contributed by atoms with Crippen molar-refractivity contribution in [2.45, 2.75) is 18.9 Å². The molecule has 0 spiro atoms. The largest absolute Gasteiger partial charge is 0.368 e. The van der Waals surface area contributed by atoms with E-state index in [0.717, 1.165) is 6.04 Å². The average Bonchev–Trinajstić information content (AvgIpc) is 2.76. The molecular formula is C13H17IN2. The van der Waals surface area contributed by atoms with Crippen molar-refractivity contribution in [2.24, 2.45) is 0 Å². The molecule has 1 unspecified atom stereocenters. The lowest BCUT2D eigenvalue weighted by atomic mass is 10.1. The molecule has 86 valence electrons. The van der Waals surface area contributed by atoms with Crippen molar-refractivity contribution in [3.05, 3.63) is 27.8 Å². The highest BCUT2D eigenvalue weighted by Crippen LogP contribution is 2.28. The van der Waals surface area contributed by atoms with Gasteiger partial charge in [-0.05, 0) is 54.1 Å². The second kappa shape index (κ2) is 4.53. The molecule has 0 aromatic heterocycles. The third kappa shape index (κ3) is 1.95. The number of halogens is 1. The van der Waals surface area contributed by atoms with Gasteiger partial charge in [0.1, 0.15) is 0 Å². The fourth-order valence-electron chi connectivity index (χ4n) is 2.92. The van der Waals surface area contributed by atoms with E-state index in [1.807, 2.05) is 0 Å². The number of fused-ring (bicyclic) bond motifs is 1. The smallest absolute Gasteiger partial charge is 0.0502 e. The van der Waals surface area contributed by atoms with Gasteiger partial charge in [0.05, 0.1) is 5.69 Å². The zero-order valence-electron chi connectivity index (χ0n) is 9.40. The fraction of sp³-hybridized carbons (Fsp3) is 0.538. The van der Waals surface area contributed by atoms with Crippen molar-refractivity contribution in [1.82, 2.24) is 4.90 Å². The Bertz CT molecular complexity index is 380. The summed E-state index contributed by atoms with van der Waals surface area (Å²) in [5.74, 6) is 0. The summed E-state index contributed by atoms with van der Waals surface area (Å²) in [4.78, 5) is 5.22. The molecule has 0 saturated carbocycles. The molecule has 2 fully saturated rings. The van der Waals surface area contributed by atoms with Crippen LogP contribution in [0.1, 0.15) is 12.8 Å². The van der Waals surface area contributed by atoms with Crippen LogP contribution in [0, 0.1) is 3.57 Å². The molecule has 3 heteroatoms. The minimum absolute atomic E-state index is 0.810. The molecule has 3 rings (SSSR count). The minimum atomic E-state index is 0.810. The maximum Gasteiger partial charge on any atom is 0.0502 e. The van der Waals surface area contributed by atoms with Gasteiger partial charge in [-0.1, -0.05) is 12.1 Å². The van der Waals surface area contributed by atoms with Gasteiger partial charge in [-0.2, -0.15) is 0 Å². The number of hydrogen-bond donors (Lipinski definition) is 0. The monoisotopic (exact) mass is 328 g/mol. The quantitative estimate of drug-likeness (QED) is 0.731. The van der Waals surface area contributed by atoms with Crippen LogP contribution in [0.2, 0.25) is 0 Å². The number of para-hydroxylation sites is 1. The van der Waals surface area contributed by atoms with Crippen molar-refractivity contribution in [3.63, 3.8) is 0 Å². The van der Waals surface area contributed by atoms with Crippen LogP contribution in [0.4, 0.5) is 5.69 Å². The van der Waals surface area contributed by atoms with Crippen molar-refractivity contribution in [1.29, 1.82) is 0 Å². The molecule has 0 radical (unpaired) electrons. The molecule has 0 amide bonds. The van der Waals surface area contributed by atoms with E-state index in [1.54, 1.807) is 0 Å². The standard InChI is InChI=1S/C13H17IN2/c14-12-5-1-2-6-13(12)16-9-8-15-7-3-4-11(15)10-16/h1-2,5-6,11H,3-4,7-10H2. The maximum absolute atomic E-state index is 2.66. The highest BCUT2D eigenvalue weighted by atomic mass is 127. The summed E-state index contributed by atoms with van der Waals surface area (Å²) in [6, 6.07) is 9.54. The van der Waals surface area contributed by atoms with Crippen LogP contribution < -0.4 is 4.90 Å². The number of anilines is 1. The average molecular weight is 328 g/mol. The van der Waals surface area contributed by atoms with Gasteiger partial charge in [-0.3, -0.25) is 4.90 Å². The Labute approximate surface area is 111 Å². The molecular weight excluding hydrogens is 311 g/mol. The SMILES string of the molecule is Ic1ccccc1N1CCN2CCCC2C1. The highest BCUT2D eigenvalue weighted by Gasteiger charge is 2.30. The predicted molar refractivity (Wildman–Crippen MR) is 76.0 cm³/mol. The lowest BCUT2D eigenvalue weighted by Gasteiger charge is -2.39. The Hall–Kier alpha value is -0.290. The number of benzene rings is 1. The topological polar surface area (TPSA) is 6.48 Å². The van der Waals surface area contributed by atoms with Crippen molar-refractivity contribution in [3.8, 4) is 0 Å². The van der Waals surface area contributed by atoms with Crippen LogP contribution >= 0.6 is 22.6 Å². The second-order valence-electron chi connectivity index (χ2n) is 4.73. The molecule has 0 N–H and O–H groups in total. The van der Waals surface area contributed by atoms with E-state index in [9.17, 15) is 0 Å². The van der Waals surface area contributed by atoms with Crippen LogP contribution in [-0.4, -0.2) is 37.1 Å². The van der Waals surface area contributed by atoms with Crippen molar-refractivity contribution in [2.75, 3.05) is 31.1 Å². The first-order valence-electron chi connectivity index (χ1n) is 6.08. The molecule has 2 heterocycles. The summed E-state index contributed by atoms with van der Waals surface area (Å²) >= 11 is 2.45. The first-order chi connectivity index (χ1) is 7.84. The summed E-state index contributed by atoms with van der Waals surface area (Å²) in [6.07, 6.45) is 2.78. The first-order valence-corrected chi connectivity index (χ1v) is 7.16. The zero-order chi connectivity index (χ0) is 11.0. The van der Waals surface area contributed by atoms with E-state index in [1.165, 1.54) is 48.3 Å². The Morgan fingerprint density at radius 1 is 1.12 bits per heavy atom. The summed E-state index contributed by atoms with van der Waals surface area (Å²) in [5, 5.41) is 0. The number of rotatable bonds is 1. The molecule has 2 aliphatic heterocycles. The Morgan fingerprint density at radius 2 is 2.00 bits per heavy atom. The Morgan fingerprint density at radius 3 is 2.88 bits per heavy atom. The van der Waals surface area contributed by atoms with E-state index in [2.05, 4.69) is 56.7 Å². The second-order valence-corrected chi connectivity index (χ2v) is 5.89. The number of hydrogen-bond acceptors (Lipinski definition) is 2. The van der Waals surface area contributed by atoms with Gasteiger partial charge in [-0.25, -0.2) is 0 Å². The molecule has 2 saturated heterocycles. The van der Waals surface area contributed by atoms with Crippen LogP contribution in [0.3, 0.4) is 0 Å². The number of piperazine rings is 1. The summed E-state index contributed by atoms with van der Waals surface area (Å²) in [5.41, 5.74) is 1.43. The van der Waals surface area contributed by atoms with E-state index in [-0.39, 0.29) is 0 Å². The molecule has 2 aliphatic rings. The van der Waals surface area contributed by atoms with E-state index in [0.29, 0.717) is 0 Å². The van der Waals surface area contributed by atoms with Crippen LogP contribution in [0.25, 0.3) is 0 Å². The molecule has 0 aliphatic carbocycles. The predicted octanol–water partition coefficient (Wildman–Crippen LogP) is 2.58. The maximum atomic E-state index is 2.66.